The first-order chi connectivity index (χ1) is 19.7. The van der Waals surface area contributed by atoms with Crippen LogP contribution in [0.15, 0.2) is 107 Å². The van der Waals surface area contributed by atoms with Crippen LogP contribution in [0.1, 0.15) is 16.7 Å². The Bertz CT molecular complexity index is 1600. The van der Waals surface area contributed by atoms with E-state index in [9.17, 15) is 17.6 Å². The van der Waals surface area contributed by atoms with Crippen LogP contribution in [-0.2, 0) is 28.0 Å². The summed E-state index contributed by atoms with van der Waals surface area (Å²) in [6, 6.07) is 25.8. The predicted octanol–water partition coefficient (Wildman–Crippen LogP) is 5.41. The van der Waals surface area contributed by atoms with Crippen molar-refractivity contribution >= 4 is 33.7 Å². The zero-order chi connectivity index (χ0) is 29.2. The van der Waals surface area contributed by atoms with Crippen molar-refractivity contribution in [2.45, 2.75) is 18.0 Å². The van der Waals surface area contributed by atoms with E-state index in [2.05, 4.69) is 10.5 Å². The molecule has 1 amide bonds. The summed E-state index contributed by atoms with van der Waals surface area (Å²) in [4.78, 5) is 12.7. The van der Waals surface area contributed by atoms with Gasteiger partial charge in [0.2, 0.25) is 10.0 Å². The Morgan fingerprint density at radius 2 is 1.66 bits per heavy atom. The molecule has 0 aromatic heterocycles. The lowest BCUT2D eigenvalue weighted by atomic mass is 10.2. The fourth-order valence-corrected chi connectivity index (χ4v) is 5.28. The third-order valence-electron chi connectivity index (χ3n) is 5.87. The molecule has 4 aromatic carbocycles. The van der Waals surface area contributed by atoms with Crippen molar-refractivity contribution in [3.8, 4) is 11.5 Å². The maximum atomic E-state index is 13.4. The lowest BCUT2D eigenvalue weighted by molar-refractivity contribution is -0.121. The topological polar surface area (TPSA) is 97.3 Å². The minimum absolute atomic E-state index is 0.0398. The number of methoxy groups -OCH3 is 1. The second-order valence-electron chi connectivity index (χ2n) is 8.83. The van der Waals surface area contributed by atoms with Gasteiger partial charge in [-0.1, -0.05) is 54.1 Å². The summed E-state index contributed by atoms with van der Waals surface area (Å²) in [5, 5.41) is 4.34. The summed E-state index contributed by atoms with van der Waals surface area (Å²) >= 11 is 5.91. The highest BCUT2D eigenvalue weighted by atomic mass is 35.5. The molecule has 0 fully saturated rings. The number of nitrogens with one attached hydrogen (secondary N) is 1. The monoisotopic (exact) mass is 595 g/mol. The van der Waals surface area contributed by atoms with Gasteiger partial charge in [-0.2, -0.15) is 9.41 Å². The van der Waals surface area contributed by atoms with Crippen LogP contribution in [0, 0.1) is 5.82 Å². The zero-order valence-corrected chi connectivity index (χ0v) is 23.6. The number of halogens is 2. The Morgan fingerprint density at radius 3 is 2.34 bits per heavy atom. The van der Waals surface area contributed by atoms with E-state index in [1.54, 1.807) is 18.2 Å². The first-order valence-electron chi connectivity index (χ1n) is 12.4. The Balaban J connectivity index is 1.43. The maximum absolute atomic E-state index is 13.4. The number of nitrogens with zero attached hydrogens (tertiary/aromatic N) is 2. The van der Waals surface area contributed by atoms with Crippen LogP contribution in [0.5, 0.6) is 11.5 Å². The molecule has 4 rings (SSSR count). The van der Waals surface area contributed by atoms with Gasteiger partial charge in [0, 0.05) is 11.6 Å². The van der Waals surface area contributed by atoms with Crippen LogP contribution < -0.4 is 14.9 Å². The van der Waals surface area contributed by atoms with Gasteiger partial charge in [-0.05, 0) is 71.3 Å². The van der Waals surface area contributed by atoms with Crippen molar-refractivity contribution in [1.29, 1.82) is 0 Å². The van der Waals surface area contributed by atoms with Crippen LogP contribution >= 0.6 is 11.6 Å². The molecule has 0 aliphatic rings. The predicted molar refractivity (Wildman–Crippen MR) is 155 cm³/mol. The molecule has 212 valence electrons. The second kappa shape index (κ2) is 13.9. The maximum Gasteiger partial charge on any atom is 0.255 e. The molecule has 0 bridgehead atoms. The van der Waals surface area contributed by atoms with E-state index in [4.69, 9.17) is 21.1 Å². The first kappa shape index (κ1) is 29.7. The number of rotatable bonds is 12. The number of sulfonamides is 1. The smallest absolute Gasteiger partial charge is 0.255 e. The van der Waals surface area contributed by atoms with E-state index in [1.807, 2.05) is 30.3 Å². The molecule has 0 unspecified atom stereocenters. The van der Waals surface area contributed by atoms with Crippen molar-refractivity contribution in [3.63, 3.8) is 0 Å². The largest absolute Gasteiger partial charge is 0.493 e. The lowest BCUT2D eigenvalue weighted by Crippen LogP contribution is -2.39. The number of carbonyl (C=O) groups is 1. The fourth-order valence-electron chi connectivity index (χ4n) is 3.77. The quantitative estimate of drug-likeness (QED) is 0.175. The molecule has 4 aromatic rings. The summed E-state index contributed by atoms with van der Waals surface area (Å²) in [6.45, 7) is -0.326. The number of benzene rings is 4. The van der Waals surface area contributed by atoms with Gasteiger partial charge in [-0.3, -0.25) is 4.79 Å². The van der Waals surface area contributed by atoms with E-state index < -0.39 is 28.3 Å². The number of hydrazone groups is 1. The van der Waals surface area contributed by atoms with E-state index in [1.165, 1.54) is 61.9 Å². The molecule has 0 aliphatic heterocycles. The third kappa shape index (κ3) is 8.37. The van der Waals surface area contributed by atoms with Crippen LogP contribution in [0.4, 0.5) is 4.39 Å². The van der Waals surface area contributed by atoms with Gasteiger partial charge in [0.15, 0.2) is 11.5 Å². The molecule has 41 heavy (non-hydrogen) atoms. The summed E-state index contributed by atoms with van der Waals surface area (Å²) in [5.41, 5.74) is 4.49. The van der Waals surface area contributed by atoms with E-state index in [0.717, 1.165) is 9.87 Å². The van der Waals surface area contributed by atoms with Gasteiger partial charge in [-0.25, -0.2) is 18.2 Å². The molecule has 11 heteroatoms. The van der Waals surface area contributed by atoms with Crippen LogP contribution in [0.2, 0.25) is 5.02 Å². The van der Waals surface area contributed by atoms with Crippen molar-refractivity contribution < 1.29 is 27.1 Å². The third-order valence-corrected chi connectivity index (χ3v) is 7.93. The van der Waals surface area contributed by atoms with Crippen LogP contribution in [0.25, 0.3) is 0 Å². The molecule has 0 atom stereocenters. The van der Waals surface area contributed by atoms with Gasteiger partial charge >= 0.3 is 0 Å². The number of carbonyl (C=O) groups excluding carboxylic acids is 1. The minimum Gasteiger partial charge on any atom is -0.493 e. The number of hydrogen-bond acceptors (Lipinski definition) is 6. The molecule has 0 aliphatic carbocycles. The zero-order valence-electron chi connectivity index (χ0n) is 22.0. The highest BCUT2D eigenvalue weighted by Crippen LogP contribution is 2.28. The summed E-state index contributed by atoms with van der Waals surface area (Å²) < 4.78 is 52.4. The first-order valence-corrected chi connectivity index (χ1v) is 14.2. The van der Waals surface area contributed by atoms with E-state index >= 15 is 0 Å². The molecule has 0 heterocycles. The van der Waals surface area contributed by atoms with Gasteiger partial charge in [0.05, 0.1) is 24.8 Å². The normalized spacial score (nSPS) is 11.5. The van der Waals surface area contributed by atoms with Crippen molar-refractivity contribution in [2.24, 2.45) is 5.10 Å². The average molecular weight is 596 g/mol. The van der Waals surface area contributed by atoms with Gasteiger partial charge in [-0.15, -0.1) is 0 Å². The van der Waals surface area contributed by atoms with Crippen molar-refractivity contribution in [1.82, 2.24) is 9.73 Å². The van der Waals surface area contributed by atoms with Crippen molar-refractivity contribution in [3.05, 3.63) is 125 Å². The number of ether oxygens (including phenoxy) is 2. The SMILES string of the molecule is COc1cc(/C=N\NC(=O)CN(Cc2ccc(F)cc2)S(=O)(=O)c2ccc(Cl)cc2)ccc1OCc1ccccc1. The van der Waals surface area contributed by atoms with E-state index in [0.29, 0.717) is 34.3 Å². The Morgan fingerprint density at radius 1 is 0.951 bits per heavy atom. The minimum atomic E-state index is -4.10. The van der Waals surface area contributed by atoms with Crippen molar-refractivity contribution in [2.75, 3.05) is 13.7 Å². The number of hydrogen-bond donors (Lipinski definition) is 1. The molecule has 0 spiro atoms. The standard InChI is InChI=1S/C30H27ClFN3O5S/c1-39-29-17-24(9-16-28(29)40-21-23-5-3-2-4-6-23)18-33-34-30(36)20-35(19-22-7-12-26(32)13-8-22)41(37,38)27-14-10-25(31)11-15-27/h2-18H,19-21H2,1H3,(H,34,36)/b33-18-. The highest BCUT2D eigenvalue weighted by Gasteiger charge is 2.27. The van der Waals surface area contributed by atoms with Gasteiger partial charge in [0.1, 0.15) is 12.4 Å². The van der Waals surface area contributed by atoms with Crippen LogP contribution in [0.3, 0.4) is 0 Å². The fraction of sp³-hybridized carbons (Fsp3) is 0.133. The molecular formula is C30H27ClFN3O5S. The summed E-state index contributed by atoms with van der Waals surface area (Å²) in [6.07, 6.45) is 1.40. The molecule has 0 radical (unpaired) electrons. The Labute approximate surface area is 243 Å². The van der Waals surface area contributed by atoms with E-state index in [-0.39, 0.29) is 11.4 Å². The molecule has 1 N–H and O–H groups in total. The van der Waals surface area contributed by atoms with Gasteiger partial charge < -0.3 is 9.47 Å². The average Bonchev–Trinajstić information content (AvgIpc) is 2.98. The Kier molecular flexibility index (Phi) is 10.1. The summed E-state index contributed by atoms with van der Waals surface area (Å²) in [7, 11) is -2.58. The molecule has 0 saturated heterocycles. The van der Waals surface area contributed by atoms with Crippen LogP contribution in [-0.4, -0.2) is 38.5 Å². The van der Waals surface area contributed by atoms with Gasteiger partial charge in [0.25, 0.3) is 5.91 Å². The summed E-state index contributed by atoms with van der Waals surface area (Å²) in [5.74, 6) is -0.104. The lowest BCUT2D eigenvalue weighted by Gasteiger charge is -2.21. The molecule has 0 saturated carbocycles. The Hall–Kier alpha value is -4.25. The molecule has 8 nitrogen and oxygen atoms in total. The molecular weight excluding hydrogens is 569 g/mol. The number of amides is 1. The highest BCUT2D eigenvalue weighted by molar-refractivity contribution is 7.89. The second-order valence-corrected chi connectivity index (χ2v) is 11.2.